The second-order valence-electron chi connectivity index (χ2n) is 3.97. The lowest BCUT2D eigenvalue weighted by Crippen LogP contribution is -2.51. The fourth-order valence-electron chi connectivity index (χ4n) is 2.26. The predicted molar refractivity (Wildman–Crippen MR) is 66.1 cm³/mol. The number of piperidine rings is 1. The molecular formula is C11H12BrNS. The molecule has 14 heavy (non-hydrogen) atoms. The molecule has 1 nitrogen and oxygen atoms in total. The van der Waals surface area contributed by atoms with Crippen LogP contribution in [-0.4, -0.2) is 23.6 Å². The molecular weight excluding hydrogens is 258 g/mol. The maximum Gasteiger partial charge on any atom is 0.0511 e. The van der Waals surface area contributed by atoms with Crippen LogP contribution in [0.3, 0.4) is 0 Å². The van der Waals surface area contributed by atoms with E-state index in [1.807, 2.05) is 0 Å². The average Bonchev–Trinajstić information content (AvgIpc) is 2.17. The van der Waals surface area contributed by atoms with Gasteiger partial charge >= 0.3 is 0 Å². The zero-order valence-corrected chi connectivity index (χ0v) is 10.2. The Morgan fingerprint density at radius 3 is 2.50 bits per heavy atom. The molecule has 2 bridgehead atoms. The summed E-state index contributed by atoms with van der Waals surface area (Å²) < 4.78 is 1.23. The Morgan fingerprint density at radius 1 is 1.21 bits per heavy atom. The first-order valence-electron chi connectivity index (χ1n) is 4.98. The molecule has 2 atom stereocenters. The highest BCUT2D eigenvalue weighted by atomic mass is 79.9. The van der Waals surface area contributed by atoms with Crippen molar-refractivity contribution in [3.63, 3.8) is 0 Å². The van der Waals surface area contributed by atoms with Gasteiger partial charge < -0.3 is 4.90 Å². The van der Waals surface area contributed by atoms with Crippen LogP contribution in [0.25, 0.3) is 0 Å². The molecule has 0 saturated carbocycles. The molecule has 1 aromatic carbocycles. The summed E-state index contributed by atoms with van der Waals surface area (Å²) in [6.07, 6.45) is 1.44. The number of fused-ring (bicyclic) bond motifs is 2. The van der Waals surface area contributed by atoms with Gasteiger partial charge in [-0.15, -0.1) is 0 Å². The second-order valence-corrected chi connectivity index (χ2v) is 6.43. The van der Waals surface area contributed by atoms with Gasteiger partial charge in [0.25, 0.3) is 0 Å². The fraction of sp³-hybridized carbons (Fsp3) is 0.455. The minimum atomic E-state index is 0.890. The number of hydrogen-bond donors (Lipinski definition) is 0. The molecule has 3 fully saturated rings. The fourth-order valence-corrected chi connectivity index (χ4v) is 4.20. The van der Waals surface area contributed by atoms with Crippen LogP contribution in [0.2, 0.25) is 0 Å². The normalized spacial score (nSPS) is 29.9. The second kappa shape index (κ2) is 3.46. The lowest BCUT2D eigenvalue weighted by atomic mass is 10.1. The van der Waals surface area contributed by atoms with Crippen LogP contribution in [0.4, 0.5) is 5.69 Å². The van der Waals surface area contributed by atoms with Gasteiger partial charge in [-0.25, -0.2) is 0 Å². The zero-order valence-electron chi connectivity index (χ0n) is 7.82. The van der Waals surface area contributed by atoms with E-state index in [1.54, 1.807) is 0 Å². The summed E-state index contributed by atoms with van der Waals surface area (Å²) in [5, 5.41) is 1.78. The summed E-state index contributed by atoms with van der Waals surface area (Å²) in [6.45, 7) is 2.45. The molecule has 3 saturated heterocycles. The van der Waals surface area contributed by atoms with Crippen molar-refractivity contribution in [2.24, 2.45) is 0 Å². The van der Waals surface area contributed by atoms with Crippen LogP contribution < -0.4 is 4.90 Å². The van der Waals surface area contributed by atoms with E-state index in [9.17, 15) is 0 Å². The monoisotopic (exact) mass is 269 g/mol. The number of para-hydroxylation sites is 1. The topological polar surface area (TPSA) is 3.24 Å². The molecule has 4 rings (SSSR count). The summed E-state index contributed by atoms with van der Waals surface area (Å²) in [4.78, 5) is 2.51. The van der Waals surface area contributed by atoms with Crippen LogP contribution in [0.15, 0.2) is 28.7 Å². The summed E-state index contributed by atoms with van der Waals surface area (Å²) in [7, 11) is 0. The first-order valence-corrected chi connectivity index (χ1v) is 6.71. The van der Waals surface area contributed by atoms with E-state index in [0.717, 1.165) is 10.5 Å². The molecule has 2 unspecified atom stereocenters. The van der Waals surface area contributed by atoms with Crippen LogP contribution in [0.5, 0.6) is 0 Å². The highest BCUT2D eigenvalue weighted by molar-refractivity contribution is 9.10. The van der Waals surface area contributed by atoms with Crippen LogP contribution in [0, 0.1) is 0 Å². The minimum absolute atomic E-state index is 0.890. The molecule has 0 radical (unpaired) electrons. The SMILES string of the molecule is Brc1ccccc1N1CC2CC(C1)S2. The van der Waals surface area contributed by atoms with Gasteiger partial charge in [-0.05, 0) is 34.5 Å². The third kappa shape index (κ3) is 1.47. The van der Waals surface area contributed by atoms with Crippen molar-refractivity contribution in [3.05, 3.63) is 28.7 Å². The lowest BCUT2D eigenvalue weighted by Gasteiger charge is -2.47. The zero-order chi connectivity index (χ0) is 9.54. The van der Waals surface area contributed by atoms with Gasteiger partial charge in [-0.3, -0.25) is 0 Å². The van der Waals surface area contributed by atoms with Crippen molar-refractivity contribution in [3.8, 4) is 0 Å². The third-order valence-corrected chi connectivity index (χ3v) is 5.08. The van der Waals surface area contributed by atoms with Crippen LogP contribution in [-0.2, 0) is 0 Å². The summed E-state index contributed by atoms with van der Waals surface area (Å²) in [6, 6.07) is 8.53. The van der Waals surface area contributed by atoms with Crippen molar-refractivity contribution in [2.45, 2.75) is 16.9 Å². The predicted octanol–water partition coefficient (Wildman–Crippen LogP) is 3.14. The summed E-state index contributed by atoms with van der Waals surface area (Å²) in [5.41, 5.74) is 1.36. The Balaban J connectivity index is 1.85. The third-order valence-electron chi connectivity index (χ3n) is 2.95. The molecule has 0 amide bonds. The van der Waals surface area contributed by atoms with E-state index < -0.39 is 0 Å². The van der Waals surface area contributed by atoms with Gasteiger partial charge in [0.05, 0.1) is 5.69 Å². The minimum Gasteiger partial charge on any atom is -0.368 e. The molecule has 1 aromatic rings. The molecule has 3 aliphatic heterocycles. The Hall–Kier alpha value is -0.150. The van der Waals surface area contributed by atoms with Crippen molar-refractivity contribution < 1.29 is 0 Å². The smallest absolute Gasteiger partial charge is 0.0511 e. The van der Waals surface area contributed by atoms with Crippen molar-refractivity contribution >= 4 is 33.4 Å². The Morgan fingerprint density at radius 2 is 1.86 bits per heavy atom. The number of thioether (sulfide) groups is 1. The molecule has 0 N–H and O–H groups in total. The molecule has 3 heterocycles. The number of halogens is 1. The molecule has 0 aromatic heterocycles. The summed E-state index contributed by atoms with van der Waals surface area (Å²) in [5.74, 6) is 0. The Bertz CT molecular complexity index is 339. The van der Waals surface area contributed by atoms with Gasteiger partial charge in [-0.1, -0.05) is 12.1 Å². The largest absolute Gasteiger partial charge is 0.368 e. The van der Waals surface area contributed by atoms with Crippen molar-refractivity contribution in [1.29, 1.82) is 0 Å². The first kappa shape index (κ1) is 9.10. The molecule has 74 valence electrons. The van der Waals surface area contributed by atoms with Gasteiger partial charge in [0.1, 0.15) is 0 Å². The van der Waals surface area contributed by atoms with E-state index >= 15 is 0 Å². The van der Waals surface area contributed by atoms with Crippen molar-refractivity contribution in [1.82, 2.24) is 0 Å². The quantitative estimate of drug-likeness (QED) is 0.771. The summed E-state index contributed by atoms with van der Waals surface area (Å²) >= 11 is 5.78. The van der Waals surface area contributed by atoms with E-state index in [4.69, 9.17) is 0 Å². The number of hydrogen-bond acceptors (Lipinski definition) is 2. The molecule has 3 aliphatic rings. The number of benzene rings is 1. The Labute approximate surface area is 97.0 Å². The maximum absolute atomic E-state index is 3.62. The molecule has 3 heteroatoms. The van der Waals surface area contributed by atoms with E-state index in [0.29, 0.717) is 0 Å². The van der Waals surface area contributed by atoms with Crippen LogP contribution in [0.1, 0.15) is 6.42 Å². The maximum atomic E-state index is 3.62. The average molecular weight is 270 g/mol. The van der Waals surface area contributed by atoms with Gasteiger partial charge in [-0.2, -0.15) is 11.8 Å². The van der Waals surface area contributed by atoms with Crippen molar-refractivity contribution in [2.75, 3.05) is 18.0 Å². The number of anilines is 1. The van der Waals surface area contributed by atoms with Crippen LogP contribution >= 0.6 is 27.7 Å². The highest BCUT2D eigenvalue weighted by Gasteiger charge is 2.38. The highest BCUT2D eigenvalue weighted by Crippen LogP contribution is 2.43. The lowest BCUT2D eigenvalue weighted by molar-refractivity contribution is 0.557. The van der Waals surface area contributed by atoms with E-state index in [-0.39, 0.29) is 0 Å². The number of rotatable bonds is 1. The standard InChI is InChI=1S/C11H12BrNS/c12-10-3-1-2-4-11(10)13-6-8-5-9(7-13)14-8/h1-4,8-9H,5-7H2. The van der Waals surface area contributed by atoms with E-state index in [2.05, 4.69) is 56.9 Å². The molecule has 0 spiro atoms. The van der Waals surface area contributed by atoms with Gasteiger partial charge in [0, 0.05) is 28.1 Å². The van der Waals surface area contributed by atoms with E-state index in [1.165, 1.54) is 29.7 Å². The molecule has 0 aliphatic carbocycles. The van der Waals surface area contributed by atoms with Gasteiger partial charge in [0.2, 0.25) is 0 Å². The first-order chi connectivity index (χ1) is 6.83. The Kier molecular flexibility index (Phi) is 2.25. The number of nitrogens with zero attached hydrogens (tertiary/aromatic N) is 1. The van der Waals surface area contributed by atoms with Gasteiger partial charge in [0.15, 0.2) is 0 Å².